The highest BCUT2D eigenvalue weighted by Crippen LogP contribution is 2.38. The van der Waals surface area contributed by atoms with Crippen LogP contribution < -0.4 is 4.72 Å². The average molecular weight is 511 g/mol. The molecule has 0 bridgehead atoms. The van der Waals surface area contributed by atoms with Crippen LogP contribution in [0.15, 0.2) is 66.7 Å². The van der Waals surface area contributed by atoms with Crippen LogP contribution in [0.1, 0.15) is 29.9 Å². The number of piperidine rings is 1. The topological polar surface area (TPSA) is 49.4 Å². The summed E-state index contributed by atoms with van der Waals surface area (Å²) >= 11 is 12.1. The van der Waals surface area contributed by atoms with Crippen LogP contribution in [-0.4, -0.2) is 25.8 Å². The zero-order chi connectivity index (χ0) is 23.6. The van der Waals surface area contributed by atoms with Crippen LogP contribution in [0.2, 0.25) is 10.0 Å². The van der Waals surface area contributed by atoms with E-state index in [9.17, 15) is 17.2 Å². The van der Waals surface area contributed by atoms with E-state index < -0.39 is 10.2 Å². The molecule has 1 unspecified atom stereocenters. The number of rotatable bonds is 6. The van der Waals surface area contributed by atoms with E-state index in [2.05, 4.69) is 4.72 Å². The molecule has 1 saturated heterocycles. The molecule has 0 spiro atoms. The highest BCUT2D eigenvalue weighted by atomic mass is 35.5. The Morgan fingerprint density at radius 2 is 1.48 bits per heavy atom. The SMILES string of the molecule is O=S(=O)(Nc1ccc(Cl)cc1Cl)N1CCCC(C(c2ccc(F)cc2)c2ccc(F)cc2)C1. The number of halogens is 4. The first-order valence-corrected chi connectivity index (χ1v) is 12.7. The van der Waals surface area contributed by atoms with Gasteiger partial charge in [-0.2, -0.15) is 12.7 Å². The average Bonchev–Trinajstić information content (AvgIpc) is 2.79. The van der Waals surface area contributed by atoms with E-state index in [0.717, 1.165) is 17.5 Å². The number of hydrogen-bond donors (Lipinski definition) is 1. The largest absolute Gasteiger partial charge is 0.301 e. The van der Waals surface area contributed by atoms with Crippen molar-refractivity contribution < 1.29 is 17.2 Å². The number of hydrogen-bond acceptors (Lipinski definition) is 2. The Bertz CT molecular complexity index is 1180. The van der Waals surface area contributed by atoms with Crippen molar-refractivity contribution in [3.8, 4) is 0 Å². The molecule has 4 rings (SSSR count). The third-order valence-corrected chi connectivity index (χ3v) is 7.90. The molecule has 0 aromatic heterocycles. The van der Waals surface area contributed by atoms with Gasteiger partial charge in [-0.15, -0.1) is 0 Å². The molecule has 0 aliphatic carbocycles. The quantitative estimate of drug-likeness (QED) is 0.412. The van der Waals surface area contributed by atoms with E-state index in [4.69, 9.17) is 23.2 Å². The maximum atomic E-state index is 13.6. The van der Waals surface area contributed by atoms with Crippen LogP contribution in [0.4, 0.5) is 14.5 Å². The van der Waals surface area contributed by atoms with Gasteiger partial charge < -0.3 is 0 Å². The van der Waals surface area contributed by atoms with Crippen LogP contribution in [0.25, 0.3) is 0 Å². The van der Waals surface area contributed by atoms with Crippen molar-refractivity contribution in [2.45, 2.75) is 18.8 Å². The fourth-order valence-electron chi connectivity index (χ4n) is 4.32. The summed E-state index contributed by atoms with van der Waals surface area (Å²) in [7, 11) is -3.88. The normalized spacial score (nSPS) is 17.3. The fourth-order valence-corrected chi connectivity index (χ4v) is 6.17. The smallest absolute Gasteiger partial charge is 0.269 e. The molecule has 3 aromatic rings. The molecule has 1 aliphatic rings. The Labute approximate surface area is 202 Å². The van der Waals surface area contributed by atoms with Crippen LogP contribution in [0.3, 0.4) is 0 Å². The van der Waals surface area contributed by atoms with Gasteiger partial charge >= 0.3 is 10.2 Å². The van der Waals surface area contributed by atoms with Crippen molar-refractivity contribution in [3.05, 3.63) is 99.5 Å². The summed E-state index contributed by atoms with van der Waals surface area (Å²) in [5.74, 6) is -1.02. The van der Waals surface area contributed by atoms with E-state index in [1.165, 1.54) is 40.7 Å². The molecule has 0 radical (unpaired) electrons. The maximum Gasteiger partial charge on any atom is 0.301 e. The van der Waals surface area contributed by atoms with Gasteiger partial charge in [0.05, 0.1) is 10.7 Å². The molecule has 0 amide bonds. The number of nitrogens with one attached hydrogen (secondary N) is 1. The first-order valence-electron chi connectivity index (χ1n) is 10.5. The van der Waals surface area contributed by atoms with Crippen molar-refractivity contribution in [1.29, 1.82) is 0 Å². The Balaban J connectivity index is 1.62. The van der Waals surface area contributed by atoms with E-state index >= 15 is 0 Å². The molecule has 3 aromatic carbocycles. The second kappa shape index (κ2) is 9.97. The summed E-state index contributed by atoms with van der Waals surface area (Å²) in [5, 5.41) is 0.609. The minimum Gasteiger partial charge on any atom is -0.269 e. The first kappa shape index (κ1) is 24.0. The minimum atomic E-state index is -3.88. The van der Waals surface area contributed by atoms with Gasteiger partial charge in [0.25, 0.3) is 0 Å². The molecule has 9 heteroatoms. The molecule has 1 N–H and O–H groups in total. The van der Waals surface area contributed by atoms with Gasteiger partial charge in [0.2, 0.25) is 0 Å². The Morgan fingerprint density at radius 3 is 2.03 bits per heavy atom. The Morgan fingerprint density at radius 1 is 0.909 bits per heavy atom. The third-order valence-electron chi connectivity index (χ3n) is 5.86. The molecule has 0 saturated carbocycles. The van der Waals surface area contributed by atoms with Crippen molar-refractivity contribution in [1.82, 2.24) is 4.31 Å². The zero-order valence-corrected chi connectivity index (χ0v) is 19.8. The Kier molecular flexibility index (Phi) is 7.24. The van der Waals surface area contributed by atoms with Crippen LogP contribution in [0, 0.1) is 17.6 Å². The van der Waals surface area contributed by atoms with E-state index in [1.807, 2.05) is 0 Å². The lowest BCUT2D eigenvalue weighted by Gasteiger charge is -2.37. The summed E-state index contributed by atoms with van der Waals surface area (Å²) < 4.78 is 57.4. The van der Waals surface area contributed by atoms with Gasteiger partial charge in [-0.3, -0.25) is 4.72 Å². The minimum absolute atomic E-state index is 0.0908. The molecule has 1 fully saturated rings. The maximum absolute atomic E-state index is 13.6. The monoisotopic (exact) mass is 510 g/mol. The molecule has 174 valence electrons. The van der Waals surface area contributed by atoms with Gasteiger partial charge in [-0.25, -0.2) is 8.78 Å². The van der Waals surface area contributed by atoms with Crippen LogP contribution in [0.5, 0.6) is 0 Å². The first-order chi connectivity index (χ1) is 15.7. The highest BCUT2D eigenvalue weighted by Gasteiger charge is 2.34. The summed E-state index contributed by atoms with van der Waals surface area (Å²) in [4.78, 5) is 0. The summed E-state index contributed by atoms with van der Waals surface area (Å²) in [5.41, 5.74) is 1.94. The van der Waals surface area contributed by atoms with Crippen molar-refractivity contribution in [2.24, 2.45) is 5.92 Å². The van der Waals surface area contributed by atoms with Gasteiger partial charge in [-0.05, 0) is 72.4 Å². The second-order valence-corrected chi connectivity index (χ2v) is 10.6. The van der Waals surface area contributed by atoms with E-state index in [0.29, 0.717) is 18.0 Å². The fraction of sp³-hybridized carbons (Fsp3) is 0.250. The standard InChI is InChI=1S/C24H22Cl2F2N2O2S/c25-19-7-12-23(22(26)14-19)29-33(31,32)30-13-1-2-18(15-30)24(16-3-8-20(27)9-4-16)17-5-10-21(28)11-6-17/h3-12,14,18,24,29H,1-2,13,15H2. The molecule has 4 nitrogen and oxygen atoms in total. The molecule has 1 heterocycles. The van der Waals surface area contributed by atoms with Gasteiger partial charge in [-0.1, -0.05) is 47.5 Å². The summed E-state index contributed by atoms with van der Waals surface area (Å²) in [6.45, 7) is 0.608. The zero-order valence-electron chi connectivity index (χ0n) is 17.5. The lowest BCUT2D eigenvalue weighted by molar-refractivity contribution is 0.250. The van der Waals surface area contributed by atoms with Gasteiger partial charge in [0, 0.05) is 24.0 Å². The lowest BCUT2D eigenvalue weighted by Crippen LogP contribution is -2.44. The van der Waals surface area contributed by atoms with Crippen LogP contribution >= 0.6 is 23.2 Å². The van der Waals surface area contributed by atoms with Crippen molar-refractivity contribution in [2.75, 3.05) is 17.8 Å². The summed E-state index contributed by atoms with van der Waals surface area (Å²) in [6, 6.07) is 16.9. The molecular formula is C24H22Cl2F2N2O2S. The van der Waals surface area contributed by atoms with Crippen molar-refractivity contribution >= 4 is 39.1 Å². The van der Waals surface area contributed by atoms with E-state index in [-0.39, 0.29) is 40.7 Å². The third kappa shape index (κ3) is 5.66. The Hall–Kier alpha value is -2.19. The van der Waals surface area contributed by atoms with E-state index in [1.54, 1.807) is 30.3 Å². The highest BCUT2D eigenvalue weighted by molar-refractivity contribution is 7.90. The van der Waals surface area contributed by atoms with Gasteiger partial charge in [0.15, 0.2) is 0 Å². The van der Waals surface area contributed by atoms with Crippen molar-refractivity contribution in [3.63, 3.8) is 0 Å². The number of benzene rings is 3. The predicted molar refractivity (Wildman–Crippen MR) is 128 cm³/mol. The second-order valence-electron chi connectivity index (χ2n) is 8.07. The number of nitrogens with zero attached hydrogens (tertiary/aromatic N) is 1. The molecule has 1 aliphatic heterocycles. The van der Waals surface area contributed by atoms with Gasteiger partial charge in [0.1, 0.15) is 11.6 Å². The molecule has 33 heavy (non-hydrogen) atoms. The number of anilines is 1. The van der Waals surface area contributed by atoms with Crippen LogP contribution in [-0.2, 0) is 10.2 Å². The molecular weight excluding hydrogens is 489 g/mol. The molecule has 1 atom stereocenters. The summed E-state index contributed by atoms with van der Waals surface area (Å²) in [6.07, 6.45) is 1.42. The lowest BCUT2D eigenvalue weighted by atomic mass is 9.77. The predicted octanol–water partition coefficient (Wildman–Crippen LogP) is 6.47.